The predicted molar refractivity (Wildman–Crippen MR) is 78.7 cm³/mol. The summed E-state index contributed by atoms with van der Waals surface area (Å²) in [5.41, 5.74) is 0.118. The van der Waals surface area contributed by atoms with Crippen molar-refractivity contribution in [2.24, 2.45) is 11.8 Å². The highest BCUT2D eigenvalue weighted by Crippen LogP contribution is 2.38. The summed E-state index contributed by atoms with van der Waals surface area (Å²) < 4.78 is 38.3. The highest BCUT2D eigenvalue weighted by atomic mass is 79.9. The Balaban J connectivity index is 2.11. The van der Waals surface area contributed by atoms with Gasteiger partial charge in [0.15, 0.2) is 0 Å². The fourth-order valence-corrected chi connectivity index (χ4v) is 3.53. The number of nitrogens with one attached hydrogen (secondary N) is 1. The van der Waals surface area contributed by atoms with E-state index in [9.17, 15) is 13.2 Å². The minimum atomic E-state index is -4.30. The molecule has 0 bridgehead atoms. The molecule has 1 nitrogen and oxygen atoms in total. The van der Waals surface area contributed by atoms with Crippen molar-refractivity contribution in [3.63, 3.8) is 0 Å². The molecule has 3 atom stereocenters. The molecule has 1 fully saturated rings. The third-order valence-corrected chi connectivity index (χ3v) is 5.04. The van der Waals surface area contributed by atoms with Gasteiger partial charge in [0.25, 0.3) is 0 Å². The van der Waals surface area contributed by atoms with Crippen LogP contribution in [0.25, 0.3) is 0 Å². The van der Waals surface area contributed by atoms with Gasteiger partial charge in [-0.25, -0.2) is 0 Å². The molecule has 0 spiro atoms. The van der Waals surface area contributed by atoms with Gasteiger partial charge in [-0.2, -0.15) is 13.2 Å². The third-order valence-electron chi connectivity index (χ3n) is 4.39. The van der Waals surface area contributed by atoms with Crippen LogP contribution >= 0.6 is 15.9 Å². The number of rotatable bonds is 3. The van der Waals surface area contributed by atoms with Crippen LogP contribution in [0, 0.1) is 11.8 Å². The fourth-order valence-electron chi connectivity index (χ4n) is 3.04. The first-order chi connectivity index (χ1) is 9.32. The lowest BCUT2D eigenvalue weighted by atomic mass is 9.93. The number of alkyl halides is 3. The summed E-state index contributed by atoms with van der Waals surface area (Å²) in [6.07, 6.45) is -0.872. The predicted octanol–water partition coefficient (Wildman–Crippen LogP) is 5.70. The van der Waals surface area contributed by atoms with Gasteiger partial charge in [0.1, 0.15) is 0 Å². The molecule has 2 rings (SSSR count). The molecular weight excluding hydrogens is 331 g/mol. The van der Waals surface area contributed by atoms with E-state index in [0.29, 0.717) is 22.4 Å². The van der Waals surface area contributed by atoms with E-state index in [-0.39, 0.29) is 0 Å². The normalized spacial score (nSPS) is 26.8. The molecule has 20 heavy (non-hydrogen) atoms. The molecule has 0 aromatic heterocycles. The Kier molecular flexibility index (Phi) is 4.67. The van der Waals surface area contributed by atoms with Gasteiger partial charge in [-0.15, -0.1) is 0 Å². The third kappa shape index (κ3) is 3.30. The summed E-state index contributed by atoms with van der Waals surface area (Å²) in [6.45, 7) is 4.41. The molecule has 0 radical (unpaired) electrons. The first-order valence-electron chi connectivity index (χ1n) is 6.96. The Bertz CT molecular complexity index is 473. The first-order valence-corrected chi connectivity index (χ1v) is 7.75. The summed E-state index contributed by atoms with van der Waals surface area (Å²) in [5, 5.41) is 3.39. The standard InChI is InChI=1S/C15H19BrF3N/c1-3-10-4-6-13(9(10)2)20-14-7-5-11(8-12(14)16)15(17,18)19/h5,7-10,13,20H,3-4,6H2,1-2H3. The van der Waals surface area contributed by atoms with E-state index in [0.717, 1.165) is 30.7 Å². The Labute approximate surface area is 126 Å². The molecule has 1 aromatic carbocycles. The molecular formula is C15H19BrF3N. The Morgan fingerprint density at radius 2 is 2.00 bits per heavy atom. The molecule has 3 unspecified atom stereocenters. The van der Waals surface area contributed by atoms with Crippen molar-refractivity contribution in [2.45, 2.75) is 45.3 Å². The number of hydrogen-bond acceptors (Lipinski definition) is 1. The number of halogens is 4. The van der Waals surface area contributed by atoms with Crippen LogP contribution in [-0.2, 0) is 6.18 Å². The lowest BCUT2D eigenvalue weighted by Gasteiger charge is -2.23. The van der Waals surface area contributed by atoms with Crippen molar-refractivity contribution in [2.75, 3.05) is 5.32 Å². The lowest BCUT2D eigenvalue weighted by Crippen LogP contribution is -2.24. The second kappa shape index (κ2) is 5.96. The maximum Gasteiger partial charge on any atom is 0.416 e. The summed E-state index contributed by atoms with van der Waals surface area (Å²) in [6, 6.07) is 4.12. The molecule has 1 N–H and O–H groups in total. The van der Waals surface area contributed by atoms with Crippen LogP contribution in [0.15, 0.2) is 22.7 Å². The summed E-state index contributed by atoms with van der Waals surface area (Å²) in [4.78, 5) is 0. The van der Waals surface area contributed by atoms with Gasteiger partial charge in [-0.3, -0.25) is 0 Å². The van der Waals surface area contributed by atoms with Crippen LogP contribution < -0.4 is 5.32 Å². The van der Waals surface area contributed by atoms with Gasteiger partial charge >= 0.3 is 6.18 Å². The molecule has 1 saturated carbocycles. The number of hydrogen-bond donors (Lipinski definition) is 1. The molecule has 0 saturated heterocycles. The van der Waals surface area contributed by atoms with Crippen molar-refractivity contribution >= 4 is 21.6 Å². The molecule has 0 amide bonds. The van der Waals surface area contributed by atoms with Crippen molar-refractivity contribution in [1.29, 1.82) is 0 Å². The highest BCUT2D eigenvalue weighted by molar-refractivity contribution is 9.10. The maximum absolute atomic E-state index is 12.6. The molecule has 112 valence electrons. The average molecular weight is 350 g/mol. The van der Waals surface area contributed by atoms with E-state index in [1.165, 1.54) is 12.5 Å². The number of anilines is 1. The van der Waals surface area contributed by atoms with Crippen LogP contribution in [0.1, 0.15) is 38.7 Å². The minimum absolute atomic E-state index is 0.341. The van der Waals surface area contributed by atoms with E-state index in [4.69, 9.17) is 0 Å². The monoisotopic (exact) mass is 349 g/mol. The zero-order valence-electron chi connectivity index (χ0n) is 11.6. The average Bonchev–Trinajstić information content (AvgIpc) is 2.71. The van der Waals surface area contributed by atoms with Gasteiger partial charge < -0.3 is 5.32 Å². The van der Waals surface area contributed by atoms with E-state index < -0.39 is 11.7 Å². The zero-order chi connectivity index (χ0) is 14.9. The summed E-state index contributed by atoms with van der Waals surface area (Å²) in [7, 11) is 0. The highest BCUT2D eigenvalue weighted by Gasteiger charge is 2.33. The van der Waals surface area contributed by atoms with Crippen LogP contribution in [-0.4, -0.2) is 6.04 Å². The maximum atomic E-state index is 12.6. The Morgan fingerprint density at radius 3 is 2.50 bits per heavy atom. The van der Waals surface area contributed by atoms with Gasteiger partial charge in [0.05, 0.1) is 5.56 Å². The zero-order valence-corrected chi connectivity index (χ0v) is 13.2. The molecule has 5 heteroatoms. The van der Waals surface area contributed by atoms with Crippen molar-refractivity contribution in [1.82, 2.24) is 0 Å². The molecule has 1 aromatic rings. The fraction of sp³-hybridized carbons (Fsp3) is 0.600. The lowest BCUT2D eigenvalue weighted by molar-refractivity contribution is -0.137. The van der Waals surface area contributed by atoms with Gasteiger partial charge in [0, 0.05) is 16.2 Å². The van der Waals surface area contributed by atoms with Crippen molar-refractivity contribution in [3.05, 3.63) is 28.2 Å². The van der Waals surface area contributed by atoms with Crippen LogP contribution in [0.5, 0.6) is 0 Å². The Morgan fingerprint density at radius 1 is 1.30 bits per heavy atom. The largest absolute Gasteiger partial charge is 0.416 e. The van der Waals surface area contributed by atoms with Crippen LogP contribution in [0.3, 0.4) is 0 Å². The van der Waals surface area contributed by atoms with E-state index in [1.807, 2.05) is 0 Å². The van der Waals surface area contributed by atoms with E-state index in [1.54, 1.807) is 0 Å². The quantitative estimate of drug-likeness (QED) is 0.737. The topological polar surface area (TPSA) is 12.0 Å². The first kappa shape index (κ1) is 15.7. The SMILES string of the molecule is CCC1CCC(Nc2ccc(C(F)(F)F)cc2Br)C1C. The van der Waals surface area contributed by atoms with Gasteiger partial charge in [-0.1, -0.05) is 20.3 Å². The molecule has 1 aliphatic rings. The number of benzene rings is 1. The smallest absolute Gasteiger partial charge is 0.381 e. The van der Waals surface area contributed by atoms with Crippen LogP contribution in [0.2, 0.25) is 0 Å². The van der Waals surface area contributed by atoms with Crippen molar-refractivity contribution < 1.29 is 13.2 Å². The second-order valence-corrected chi connectivity index (χ2v) is 6.40. The van der Waals surface area contributed by atoms with Gasteiger partial charge in [0.2, 0.25) is 0 Å². The molecule has 1 aliphatic carbocycles. The summed E-state index contributed by atoms with van der Waals surface area (Å²) in [5.74, 6) is 1.26. The Hall–Kier alpha value is -0.710. The minimum Gasteiger partial charge on any atom is -0.381 e. The molecule has 0 heterocycles. The van der Waals surface area contributed by atoms with E-state index >= 15 is 0 Å². The summed E-state index contributed by atoms with van der Waals surface area (Å²) >= 11 is 3.24. The van der Waals surface area contributed by atoms with E-state index in [2.05, 4.69) is 35.1 Å². The second-order valence-electron chi connectivity index (χ2n) is 5.55. The van der Waals surface area contributed by atoms with Gasteiger partial charge in [-0.05, 0) is 58.8 Å². The molecule has 0 aliphatic heterocycles. The van der Waals surface area contributed by atoms with Crippen molar-refractivity contribution in [3.8, 4) is 0 Å². The van der Waals surface area contributed by atoms with Crippen LogP contribution in [0.4, 0.5) is 18.9 Å².